The van der Waals surface area contributed by atoms with Crippen LogP contribution in [0.2, 0.25) is 0 Å². The number of rotatable bonds is 0. The van der Waals surface area contributed by atoms with Crippen molar-refractivity contribution in [2.24, 2.45) is 4.99 Å². The van der Waals surface area contributed by atoms with Crippen molar-refractivity contribution in [2.75, 3.05) is 0 Å². The maximum atomic E-state index is 5.41. The van der Waals surface area contributed by atoms with E-state index in [-0.39, 0.29) is 0 Å². The lowest BCUT2D eigenvalue weighted by atomic mass is 10.3. The summed E-state index contributed by atoms with van der Waals surface area (Å²) in [5.74, 6) is 0.818. The molecule has 0 radical (unpaired) electrons. The van der Waals surface area contributed by atoms with E-state index >= 15 is 0 Å². The van der Waals surface area contributed by atoms with Gasteiger partial charge in [-0.25, -0.2) is 0 Å². The molecule has 2 aliphatic heterocycles. The Kier molecular flexibility index (Phi) is 1.44. The fraction of sp³-hybridized carbons (Fsp3) is 0. The summed E-state index contributed by atoms with van der Waals surface area (Å²) in [6, 6.07) is 7.92. The molecule has 0 aromatic heterocycles. The quantitative estimate of drug-likeness (QED) is 0.591. The Bertz CT molecular complexity index is 543. The van der Waals surface area contributed by atoms with Crippen LogP contribution in [0.5, 0.6) is 0 Å². The molecule has 3 heteroatoms. The molecule has 0 aliphatic carbocycles. The van der Waals surface area contributed by atoms with E-state index < -0.39 is 0 Å². The highest BCUT2D eigenvalue weighted by atomic mass is 16.5. The Labute approximate surface area is 80.9 Å². The predicted molar refractivity (Wildman–Crippen MR) is 51.8 cm³/mol. The Balaban J connectivity index is 2.43. The highest BCUT2D eigenvalue weighted by Crippen LogP contribution is 2.15. The molecular formula is C11H8N2O. The second-order valence-corrected chi connectivity index (χ2v) is 3.06. The minimum atomic E-state index is 0.818. The summed E-state index contributed by atoms with van der Waals surface area (Å²) in [5.41, 5.74) is 0. The van der Waals surface area contributed by atoms with Crippen LogP contribution in [0.1, 0.15) is 0 Å². The molecule has 0 spiro atoms. The van der Waals surface area contributed by atoms with Crippen LogP contribution in [0.4, 0.5) is 0 Å². The van der Waals surface area contributed by atoms with Crippen molar-refractivity contribution < 1.29 is 4.74 Å². The number of hydrogen-bond donors (Lipinski definition) is 0. The van der Waals surface area contributed by atoms with E-state index in [1.165, 1.54) is 0 Å². The van der Waals surface area contributed by atoms with Gasteiger partial charge in [-0.05, 0) is 12.1 Å². The second-order valence-electron chi connectivity index (χ2n) is 3.06. The molecule has 0 fully saturated rings. The third kappa shape index (κ3) is 0.956. The van der Waals surface area contributed by atoms with Crippen LogP contribution in [-0.2, 0) is 4.74 Å². The molecule has 14 heavy (non-hydrogen) atoms. The molecule has 0 unspecified atom stereocenters. The molecule has 3 rings (SSSR count). The van der Waals surface area contributed by atoms with Crippen LogP contribution in [0.3, 0.4) is 0 Å². The van der Waals surface area contributed by atoms with Crippen LogP contribution < -0.4 is 10.6 Å². The molecule has 1 aromatic rings. The zero-order valence-corrected chi connectivity index (χ0v) is 7.42. The molecular weight excluding hydrogens is 176 g/mol. The number of para-hydroxylation sites is 1. The van der Waals surface area contributed by atoms with Crippen molar-refractivity contribution in [2.45, 2.75) is 0 Å². The Morgan fingerprint density at radius 1 is 1.14 bits per heavy atom. The molecule has 0 bridgehead atoms. The summed E-state index contributed by atoms with van der Waals surface area (Å²) in [6.07, 6.45) is 7.18. The van der Waals surface area contributed by atoms with Gasteiger partial charge in [0.25, 0.3) is 0 Å². The second kappa shape index (κ2) is 2.73. The van der Waals surface area contributed by atoms with Crippen LogP contribution >= 0.6 is 0 Å². The van der Waals surface area contributed by atoms with Crippen LogP contribution in [0.25, 0.3) is 5.88 Å². The fourth-order valence-electron chi connectivity index (χ4n) is 1.56. The average molecular weight is 184 g/mol. The number of nitrogens with zero attached hydrogens (tertiary/aromatic N) is 2. The van der Waals surface area contributed by atoms with Gasteiger partial charge in [-0.15, -0.1) is 0 Å². The first-order valence-electron chi connectivity index (χ1n) is 4.41. The number of ether oxygens (including phenoxy) is 1. The molecule has 0 atom stereocenters. The lowest BCUT2D eigenvalue weighted by molar-refractivity contribution is 0.398. The molecule has 0 saturated heterocycles. The summed E-state index contributed by atoms with van der Waals surface area (Å²) in [5, 5.41) is 1.95. The number of hydrogen-bond acceptors (Lipinski definition) is 3. The minimum Gasteiger partial charge on any atom is -0.446 e. The molecule has 2 heterocycles. The van der Waals surface area contributed by atoms with Gasteiger partial charge < -0.3 is 4.74 Å². The van der Waals surface area contributed by atoms with E-state index in [4.69, 9.17) is 4.74 Å². The first-order valence-corrected chi connectivity index (χ1v) is 4.41. The zero-order chi connectivity index (χ0) is 9.38. The summed E-state index contributed by atoms with van der Waals surface area (Å²) in [4.78, 5) is 6.22. The molecule has 3 nitrogen and oxygen atoms in total. The largest absolute Gasteiger partial charge is 0.446 e. The van der Waals surface area contributed by atoms with Crippen LogP contribution in [0.15, 0.2) is 54.1 Å². The third-order valence-corrected chi connectivity index (χ3v) is 2.21. The lowest BCUT2D eigenvalue weighted by Gasteiger charge is -2.08. The summed E-state index contributed by atoms with van der Waals surface area (Å²) in [7, 11) is 0. The van der Waals surface area contributed by atoms with Gasteiger partial charge in [0, 0.05) is 18.6 Å². The van der Waals surface area contributed by atoms with E-state index in [0.717, 1.165) is 16.5 Å². The summed E-state index contributed by atoms with van der Waals surface area (Å²) in [6.45, 7) is 0. The zero-order valence-electron chi connectivity index (χ0n) is 7.42. The lowest BCUT2D eigenvalue weighted by Crippen LogP contribution is -2.28. The molecule has 68 valence electrons. The maximum absolute atomic E-state index is 5.41. The van der Waals surface area contributed by atoms with Crippen molar-refractivity contribution in [3.05, 3.63) is 59.7 Å². The Morgan fingerprint density at radius 3 is 3.07 bits per heavy atom. The van der Waals surface area contributed by atoms with E-state index in [1.54, 1.807) is 12.5 Å². The van der Waals surface area contributed by atoms with Crippen molar-refractivity contribution >= 4 is 5.88 Å². The predicted octanol–water partition coefficient (Wildman–Crippen LogP) is 0.660. The standard InChI is InChI=1S/C11H8N2O/c1-2-4-10-9(3-1)11-13(6-5-12-10)7-8-14-11/h1-8H. The van der Waals surface area contributed by atoms with Crippen LogP contribution in [0, 0.1) is 0 Å². The highest BCUT2D eigenvalue weighted by Gasteiger charge is 2.13. The van der Waals surface area contributed by atoms with Crippen molar-refractivity contribution in [3.8, 4) is 0 Å². The summed E-state index contributed by atoms with van der Waals surface area (Å²) >= 11 is 0. The molecule has 0 N–H and O–H groups in total. The topological polar surface area (TPSA) is 24.8 Å². The maximum Gasteiger partial charge on any atom is 0.212 e. The van der Waals surface area contributed by atoms with E-state index in [9.17, 15) is 0 Å². The molecule has 1 aromatic carbocycles. The van der Waals surface area contributed by atoms with Gasteiger partial charge in [0.15, 0.2) is 0 Å². The monoisotopic (exact) mass is 184 g/mol. The van der Waals surface area contributed by atoms with Crippen molar-refractivity contribution in [3.63, 3.8) is 0 Å². The first kappa shape index (κ1) is 7.38. The SMILES string of the molecule is C1=CN2C=COC2=c2ccccc2=N1. The van der Waals surface area contributed by atoms with Gasteiger partial charge in [0.05, 0.1) is 10.6 Å². The number of fused-ring (bicyclic) bond motifs is 2. The fourth-order valence-corrected chi connectivity index (χ4v) is 1.56. The van der Waals surface area contributed by atoms with Gasteiger partial charge >= 0.3 is 0 Å². The Hall–Kier alpha value is -2.03. The molecule has 0 saturated carbocycles. The normalized spacial score (nSPS) is 16.9. The highest BCUT2D eigenvalue weighted by molar-refractivity contribution is 5.42. The smallest absolute Gasteiger partial charge is 0.212 e. The summed E-state index contributed by atoms with van der Waals surface area (Å²) < 4.78 is 5.41. The van der Waals surface area contributed by atoms with Gasteiger partial charge in [0.1, 0.15) is 6.26 Å². The first-order chi connectivity index (χ1) is 6.95. The van der Waals surface area contributed by atoms with E-state index in [2.05, 4.69) is 4.99 Å². The molecule has 2 aliphatic rings. The minimum absolute atomic E-state index is 0.818. The number of benzene rings is 1. The molecule has 0 amide bonds. The van der Waals surface area contributed by atoms with Gasteiger partial charge in [-0.2, -0.15) is 0 Å². The van der Waals surface area contributed by atoms with Gasteiger partial charge in [-0.1, -0.05) is 12.1 Å². The third-order valence-electron chi connectivity index (χ3n) is 2.21. The van der Waals surface area contributed by atoms with Crippen molar-refractivity contribution in [1.29, 1.82) is 0 Å². The van der Waals surface area contributed by atoms with Gasteiger partial charge in [-0.3, -0.25) is 9.89 Å². The Morgan fingerprint density at radius 2 is 2.07 bits per heavy atom. The van der Waals surface area contributed by atoms with E-state index in [1.807, 2.05) is 41.6 Å². The van der Waals surface area contributed by atoms with Crippen molar-refractivity contribution in [1.82, 2.24) is 4.90 Å². The van der Waals surface area contributed by atoms with E-state index in [0.29, 0.717) is 0 Å². The van der Waals surface area contributed by atoms with Gasteiger partial charge in [0.2, 0.25) is 5.88 Å². The van der Waals surface area contributed by atoms with Crippen LogP contribution in [-0.4, -0.2) is 4.90 Å². The average Bonchev–Trinajstić information content (AvgIpc) is 2.61.